The van der Waals surface area contributed by atoms with Crippen LogP contribution < -0.4 is 10.1 Å². The highest BCUT2D eigenvalue weighted by Gasteiger charge is 2.19. The molecule has 1 aromatic carbocycles. The Kier molecular flexibility index (Phi) is 4.25. The summed E-state index contributed by atoms with van der Waals surface area (Å²) in [7, 11) is 0. The Morgan fingerprint density at radius 1 is 1.38 bits per heavy atom. The van der Waals surface area contributed by atoms with Gasteiger partial charge < -0.3 is 14.6 Å². The molecule has 0 unspecified atom stereocenters. The van der Waals surface area contributed by atoms with Crippen molar-refractivity contribution in [3.05, 3.63) is 48.0 Å². The van der Waals surface area contributed by atoms with Crippen molar-refractivity contribution >= 4 is 0 Å². The van der Waals surface area contributed by atoms with Crippen LogP contribution >= 0.6 is 0 Å². The van der Waals surface area contributed by atoms with E-state index in [0.717, 1.165) is 24.0 Å². The lowest BCUT2D eigenvalue weighted by Gasteiger charge is -2.13. The maximum absolute atomic E-state index is 5.92. The van der Waals surface area contributed by atoms with Gasteiger partial charge in [0.05, 0.1) is 18.2 Å². The number of imidazole rings is 1. The van der Waals surface area contributed by atoms with Crippen molar-refractivity contribution in [2.45, 2.75) is 51.9 Å². The molecular weight excluding hydrogens is 262 g/mol. The van der Waals surface area contributed by atoms with Gasteiger partial charge in [0.2, 0.25) is 0 Å². The van der Waals surface area contributed by atoms with Crippen molar-refractivity contribution in [2.24, 2.45) is 0 Å². The van der Waals surface area contributed by atoms with Crippen LogP contribution in [0.2, 0.25) is 0 Å². The van der Waals surface area contributed by atoms with Crippen molar-refractivity contribution in [1.29, 1.82) is 0 Å². The minimum atomic E-state index is 0.403. The second-order valence-electron chi connectivity index (χ2n) is 5.98. The molecule has 112 valence electrons. The van der Waals surface area contributed by atoms with Crippen molar-refractivity contribution in [2.75, 3.05) is 0 Å². The van der Waals surface area contributed by atoms with Crippen LogP contribution in [-0.2, 0) is 13.2 Å². The Morgan fingerprint density at radius 2 is 2.24 bits per heavy atom. The largest absolute Gasteiger partial charge is 0.487 e. The highest BCUT2D eigenvalue weighted by molar-refractivity contribution is 5.28. The van der Waals surface area contributed by atoms with Gasteiger partial charge in [-0.1, -0.05) is 12.1 Å². The number of hydrogen-bond donors (Lipinski definition) is 1. The van der Waals surface area contributed by atoms with Gasteiger partial charge in [0.25, 0.3) is 0 Å². The molecule has 0 amide bonds. The van der Waals surface area contributed by atoms with Crippen LogP contribution in [0.4, 0.5) is 0 Å². The molecule has 1 heterocycles. The Morgan fingerprint density at radius 3 is 3.00 bits per heavy atom. The van der Waals surface area contributed by atoms with Gasteiger partial charge in [0.15, 0.2) is 0 Å². The fraction of sp³-hybridized carbons (Fsp3) is 0.471. The van der Waals surface area contributed by atoms with Crippen LogP contribution in [0.5, 0.6) is 5.75 Å². The molecule has 1 aliphatic rings. The molecule has 1 N–H and O–H groups in total. The van der Waals surface area contributed by atoms with Crippen LogP contribution in [0.25, 0.3) is 0 Å². The third kappa shape index (κ3) is 3.85. The highest BCUT2D eigenvalue weighted by atomic mass is 16.5. The van der Waals surface area contributed by atoms with E-state index >= 15 is 0 Å². The second-order valence-corrected chi connectivity index (χ2v) is 5.98. The third-order valence-corrected chi connectivity index (χ3v) is 3.76. The van der Waals surface area contributed by atoms with Gasteiger partial charge in [-0.2, -0.15) is 0 Å². The van der Waals surface area contributed by atoms with Gasteiger partial charge in [-0.15, -0.1) is 0 Å². The van der Waals surface area contributed by atoms with Crippen LogP contribution in [0.3, 0.4) is 0 Å². The third-order valence-electron chi connectivity index (χ3n) is 3.76. The summed E-state index contributed by atoms with van der Waals surface area (Å²) >= 11 is 0. The Hall–Kier alpha value is -1.81. The number of hydrogen-bond acceptors (Lipinski definition) is 3. The highest BCUT2D eigenvalue weighted by Crippen LogP contribution is 2.21. The fourth-order valence-electron chi connectivity index (χ4n) is 2.36. The number of ether oxygens (including phenoxy) is 1. The summed E-state index contributed by atoms with van der Waals surface area (Å²) in [4.78, 5) is 4.20. The molecule has 3 rings (SSSR count). The van der Waals surface area contributed by atoms with Crippen molar-refractivity contribution in [3.63, 3.8) is 0 Å². The Bertz CT molecular complexity index is 587. The van der Waals surface area contributed by atoms with Gasteiger partial charge in [-0.05, 0) is 44.4 Å². The number of aromatic nitrogens is 2. The Labute approximate surface area is 126 Å². The molecule has 1 saturated carbocycles. The van der Waals surface area contributed by atoms with Crippen LogP contribution in [0.1, 0.15) is 44.0 Å². The lowest BCUT2D eigenvalue weighted by atomic mass is 10.2. The summed E-state index contributed by atoms with van der Waals surface area (Å²) in [6, 6.07) is 9.46. The molecule has 1 aromatic heterocycles. The Balaban J connectivity index is 1.59. The van der Waals surface area contributed by atoms with Crippen molar-refractivity contribution < 1.29 is 4.74 Å². The standard InChI is InChI=1S/C17H23N3O/c1-13(2)20-12-18-10-16(20)11-21-17-5-3-4-14(8-17)9-19-15-6-7-15/h3-5,8,10,12-13,15,19H,6-7,9,11H2,1-2H3. The quantitative estimate of drug-likeness (QED) is 0.848. The molecule has 1 fully saturated rings. The molecule has 0 radical (unpaired) electrons. The number of nitrogens with one attached hydrogen (secondary N) is 1. The molecule has 0 bridgehead atoms. The predicted molar refractivity (Wildman–Crippen MR) is 83.2 cm³/mol. The van der Waals surface area contributed by atoms with Gasteiger partial charge in [0.1, 0.15) is 12.4 Å². The van der Waals surface area contributed by atoms with E-state index in [1.165, 1.54) is 18.4 Å². The first-order valence-corrected chi connectivity index (χ1v) is 7.68. The normalized spacial score (nSPS) is 14.6. The van der Waals surface area contributed by atoms with Crippen LogP contribution in [0.15, 0.2) is 36.8 Å². The molecule has 0 saturated heterocycles. The summed E-state index contributed by atoms with van der Waals surface area (Å²) in [6.07, 6.45) is 6.36. The van der Waals surface area contributed by atoms with Crippen LogP contribution in [-0.4, -0.2) is 15.6 Å². The summed E-state index contributed by atoms with van der Waals surface area (Å²) in [5, 5.41) is 3.52. The van der Waals surface area contributed by atoms with E-state index < -0.39 is 0 Å². The smallest absolute Gasteiger partial charge is 0.130 e. The van der Waals surface area contributed by atoms with Crippen molar-refractivity contribution in [3.8, 4) is 5.75 Å². The average molecular weight is 285 g/mol. The summed E-state index contributed by atoms with van der Waals surface area (Å²) in [6.45, 7) is 5.77. The maximum Gasteiger partial charge on any atom is 0.130 e. The zero-order valence-electron chi connectivity index (χ0n) is 12.7. The summed E-state index contributed by atoms with van der Waals surface area (Å²) in [5.41, 5.74) is 2.38. The van der Waals surface area contributed by atoms with Gasteiger partial charge in [0, 0.05) is 18.6 Å². The molecule has 0 aliphatic heterocycles. The molecular formula is C17H23N3O. The van der Waals surface area contributed by atoms with E-state index in [-0.39, 0.29) is 0 Å². The molecule has 2 aromatic rings. The lowest BCUT2D eigenvalue weighted by molar-refractivity contribution is 0.291. The number of nitrogens with zero attached hydrogens (tertiary/aromatic N) is 2. The van der Waals surface area contributed by atoms with E-state index in [9.17, 15) is 0 Å². The average Bonchev–Trinajstić information content (AvgIpc) is 3.19. The van der Waals surface area contributed by atoms with E-state index in [2.05, 4.69) is 46.9 Å². The predicted octanol–water partition coefficient (Wildman–Crippen LogP) is 3.30. The SMILES string of the molecule is CC(C)n1cncc1COc1cccc(CNC2CC2)c1. The van der Waals surface area contributed by atoms with Crippen molar-refractivity contribution in [1.82, 2.24) is 14.9 Å². The van der Waals surface area contributed by atoms with E-state index in [1.54, 1.807) is 0 Å². The van der Waals surface area contributed by atoms with E-state index in [1.807, 2.05) is 18.6 Å². The lowest BCUT2D eigenvalue weighted by Crippen LogP contribution is -2.15. The topological polar surface area (TPSA) is 39.1 Å². The molecule has 1 aliphatic carbocycles. The zero-order valence-corrected chi connectivity index (χ0v) is 12.7. The van der Waals surface area contributed by atoms with E-state index in [0.29, 0.717) is 12.6 Å². The summed E-state index contributed by atoms with van der Waals surface area (Å²) < 4.78 is 8.05. The number of benzene rings is 1. The minimum Gasteiger partial charge on any atom is -0.487 e. The number of rotatable bonds is 7. The summed E-state index contributed by atoms with van der Waals surface area (Å²) in [5.74, 6) is 0.918. The van der Waals surface area contributed by atoms with Gasteiger partial charge >= 0.3 is 0 Å². The molecule has 0 spiro atoms. The molecule has 21 heavy (non-hydrogen) atoms. The fourth-order valence-corrected chi connectivity index (χ4v) is 2.36. The molecule has 4 nitrogen and oxygen atoms in total. The molecule has 0 atom stereocenters. The first-order chi connectivity index (χ1) is 10.2. The van der Waals surface area contributed by atoms with Crippen LogP contribution in [0, 0.1) is 0 Å². The van der Waals surface area contributed by atoms with Gasteiger partial charge in [-0.25, -0.2) is 4.98 Å². The minimum absolute atomic E-state index is 0.403. The first kappa shape index (κ1) is 14.1. The molecule has 4 heteroatoms. The second kappa shape index (κ2) is 6.31. The monoisotopic (exact) mass is 285 g/mol. The first-order valence-electron chi connectivity index (χ1n) is 7.68. The van der Waals surface area contributed by atoms with E-state index in [4.69, 9.17) is 4.74 Å². The maximum atomic E-state index is 5.92. The zero-order chi connectivity index (χ0) is 14.7. The van der Waals surface area contributed by atoms with Gasteiger partial charge in [-0.3, -0.25) is 0 Å².